The maximum atomic E-state index is 12.8. The molecule has 0 radical (unpaired) electrons. The van der Waals surface area contributed by atoms with Crippen molar-refractivity contribution in [2.24, 2.45) is 0 Å². The van der Waals surface area contributed by atoms with Crippen molar-refractivity contribution in [2.75, 3.05) is 0 Å². The highest BCUT2D eigenvalue weighted by molar-refractivity contribution is 5.94. The number of nitrogens with one attached hydrogen (secondary N) is 1. The van der Waals surface area contributed by atoms with Crippen molar-refractivity contribution in [1.82, 2.24) is 14.5 Å². The summed E-state index contributed by atoms with van der Waals surface area (Å²) in [6.07, 6.45) is 1.60. The van der Waals surface area contributed by atoms with Crippen molar-refractivity contribution in [3.63, 3.8) is 0 Å². The molecule has 166 valence electrons. The van der Waals surface area contributed by atoms with E-state index in [-0.39, 0.29) is 25.0 Å². The predicted molar refractivity (Wildman–Crippen MR) is 131 cm³/mol. The van der Waals surface area contributed by atoms with Crippen LogP contribution >= 0.6 is 0 Å². The average Bonchev–Trinajstić information content (AvgIpc) is 2.85. The molecule has 33 heavy (non-hydrogen) atoms. The number of fused-ring (bicyclic) bond motifs is 1. The minimum atomic E-state index is -0.589. The van der Waals surface area contributed by atoms with Gasteiger partial charge in [0.2, 0.25) is 0 Å². The van der Waals surface area contributed by atoms with Crippen molar-refractivity contribution in [2.45, 2.75) is 26.1 Å². The first-order valence-corrected chi connectivity index (χ1v) is 10.8. The standard InChI is InChI=1S/C27H25N3O3/c1-3-17-29-23-11-7-8-12-24(23)30(27(33)26(29)32)18-20-13-15-22(16-14-20)25(31)28-19(2)21-9-5-4-6-10-21/h3-16,19H,1,17-18H2,2H3,(H,28,31). The molecule has 1 heterocycles. The Labute approximate surface area is 191 Å². The molecule has 0 aliphatic carbocycles. The minimum absolute atomic E-state index is 0.120. The highest BCUT2D eigenvalue weighted by Crippen LogP contribution is 2.15. The van der Waals surface area contributed by atoms with Crippen LogP contribution in [0, 0.1) is 0 Å². The van der Waals surface area contributed by atoms with Gasteiger partial charge in [0.15, 0.2) is 0 Å². The number of para-hydroxylation sites is 2. The van der Waals surface area contributed by atoms with Crippen LogP contribution in [0.1, 0.15) is 34.5 Å². The average molecular weight is 440 g/mol. The third-order valence-electron chi connectivity index (χ3n) is 5.65. The molecule has 0 bridgehead atoms. The molecule has 0 fully saturated rings. The van der Waals surface area contributed by atoms with Gasteiger partial charge in [-0.25, -0.2) is 0 Å². The van der Waals surface area contributed by atoms with Crippen LogP contribution in [0.25, 0.3) is 11.0 Å². The van der Waals surface area contributed by atoms with E-state index in [0.29, 0.717) is 16.6 Å². The first kappa shape index (κ1) is 22.0. The van der Waals surface area contributed by atoms with E-state index in [1.54, 1.807) is 30.3 Å². The lowest BCUT2D eigenvalue weighted by atomic mass is 10.1. The van der Waals surface area contributed by atoms with E-state index >= 15 is 0 Å². The number of aromatic nitrogens is 2. The van der Waals surface area contributed by atoms with E-state index in [1.807, 2.05) is 61.5 Å². The van der Waals surface area contributed by atoms with Crippen LogP contribution in [-0.4, -0.2) is 15.0 Å². The summed E-state index contributed by atoms with van der Waals surface area (Å²) in [7, 11) is 0. The van der Waals surface area contributed by atoms with Gasteiger partial charge >= 0.3 is 11.1 Å². The summed E-state index contributed by atoms with van der Waals surface area (Å²) in [5.41, 5.74) is 2.54. The van der Waals surface area contributed by atoms with E-state index in [1.165, 1.54) is 9.13 Å². The number of carbonyl (C=O) groups is 1. The molecular weight excluding hydrogens is 414 g/mol. The maximum absolute atomic E-state index is 12.8. The highest BCUT2D eigenvalue weighted by Gasteiger charge is 2.14. The van der Waals surface area contributed by atoms with Gasteiger partial charge in [-0.1, -0.05) is 60.7 Å². The molecule has 1 atom stereocenters. The summed E-state index contributed by atoms with van der Waals surface area (Å²) in [6, 6.07) is 24.0. The van der Waals surface area contributed by atoms with Gasteiger partial charge in [0.1, 0.15) is 0 Å². The second-order valence-corrected chi connectivity index (χ2v) is 7.89. The van der Waals surface area contributed by atoms with Gasteiger partial charge in [-0.3, -0.25) is 23.5 Å². The first-order chi connectivity index (χ1) is 16.0. The predicted octanol–water partition coefficient (Wildman–Crippen LogP) is 3.89. The van der Waals surface area contributed by atoms with Crippen molar-refractivity contribution < 1.29 is 4.79 Å². The smallest absolute Gasteiger partial charge is 0.317 e. The van der Waals surface area contributed by atoms with E-state index in [4.69, 9.17) is 0 Å². The van der Waals surface area contributed by atoms with Crippen LogP contribution in [0.5, 0.6) is 0 Å². The molecule has 0 aliphatic rings. The molecular formula is C27H25N3O3. The molecule has 4 aromatic rings. The van der Waals surface area contributed by atoms with Gasteiger partial charge in [-0.05, 0) is 42.3 Å². The molecule has 1 amide bonds. The van der Waals surface area contributed by atoms with Gasteiger partial charge in [0.25, 0.3) is 5.91 Å². The van der Waals surface area contributed by atoms with Crippen LogP contribution in [0.4, 0.5) is 0 Å². The lowest BCUT2D eigenvalue weighted by molar-refractivity contribution is 0.0940. The summed E-state index contributed by atoms with van der Waals surface area (Å²) in [4.78, 5) is 38.2. The lowest BCUT2D eigenvalue weighted by Crippen LogP contribution is -2.41. The van der Waals surface area contributed by atoms with Crippen LogP contribution < -0.4 is 16.4 Å². The van der Waals surface area contributed by atoms with Crippen molar-refractivity contribution in [1.29, 1.82) is 0 Å². The molecule has 0 aliphatic heterocycles. The molecule has 0 saturated heterocycles. The zero-order chi connectivity index (χ0) is 23.4. The third kappa shape index (κ3) is 4.55. The van der Waals surface area contributed by atoms with E-state index in [0.717, 1.165) is 11.1 Å². The Morgan fingerprint density at radius 3 is 2.09 bits per heavy atom. The first-order valence-electron chi connectivity index (χ1n) is 10.8. The Kier molecular flexibility index (Phi) is 6.36. The van der Waals surface area contributed by atoms with Crippen LogP contribution in [0.2, 0.25) is 0 Å². The molecule has 1 unspecified atom stereocenters. The summed E-state index contributed by atoms with van der Waals surface area (Å²) in [5, 5.41) is 2.99. The SMILES string of the molecule is C=CCn1c(=O)c(=O)n(Cc2ccc(C(=O)NC(C)c3ccccc3)cc2)c2ccccc21. The molecule has 1 aromatic heterocycles. The molecule has 4 rings (SSSR count). The zero-order valence-electron chi connectivity index (χ0n) is 18.4. The fourth-order valence-electron chi connectivity index (χ4n) is 3.89. The maximum Gasteiger partial charge on any atom is 0.317 e. The molecule has 3 aromatic carbocycles. The largest absolute Gasteiger partial charge is 0.346 e. The number of nitrogens with zero attached hydrogens (tertiary/aromatic N) is 2. The number of amides is 1. The van der Waals surface area contributed by atoms with Crippen molar-refractivity contribution in [3.8, 4) is 0 Å². The molecule has 0 spiro atoms. The number of carbonyl (C=O) groups excluding carboxylic acids is 1. The van der Waals surface area contributed by atoms with Gasteiger partial charge in [0, 0.05) is 12.1 Å². The Hall–Kier alpha value is -4.19. The van der Waals surface area contributed by atoms with Gasteiger partial charge in [0.05, 0.1) is 23.6 Å². The van der Waals surface area contributed by atoms with Gasteiger partial charge < -0.3 is 5.32 Å². The van der Waals surface area contributed by atoms with Crippen molar-refractivity contribution in [3.05, 3.63) is 129 Å². The van der Waals surface area contributed by atoms with Gasteiger partial charge in [-0.2, -0.15) is 0 Å². The quantitative estimate of drug-likeness (QED) is 0.351. The Morgan fingerprint density at radius 1 is 0.879 bits per heavy atom. The summed E-state index contributed by atoms with van der Waals surface area (Å²) < 4.78 is 2.91. The second-order valence-electron chi connectivity index (χ2n) is 7.89. The minimum Gasteiger partial charge on any atom is -0.346 e. The van der Waals surface area contributed by atoms with E-state index in [9.17, 15) is 14.4 Å². The van der Waals surface area contributed by atoms with Gasteiger partial charge in [-0.15, -0.1) is 6.58 Å². The lowest BCUT2D eigenvalue weighted by Gasteiger charge is -2.15. The topological polar surface area (TPSA) is 73.1 Å². The number of hydrogen-bond acceptors (Lipinski definition) is 3. The monoisotopic (exact) mass is 439 g/mol. The Bertz CT molecular complexity index is 1420. The van der Waals surface area contributed by atoms with E-state index < -0.39 is 11.1 Å². The second kappa shape index (κ2) is 9.53. The van der Waals surface area contributed by atoms with Crippen LogP contribution in [0.15, 0.2) is 101 Å². The zero-order valence-corrected chi connectivity index (χ0v) is 18.4. The number of rotatable bonds is 7. The fraction of sp³-hybridized carbons (Fsp3) is 0.148. The molecule has 6 nitrogen and oxygen atoms in total. The summed E-state index contributed by atoms with van der Waals surface area (Å²) >= 11 is 0. The highest BCUT2D eigenvalue weighted by atomic mass is 16.2. The summed E-state index contributed by atoms with van der Waals surface area (Å²) in [5.74, 6) is -0.174. The molecule has 0 saturated carbocycles. The number of benzene rings is 3. The third-order valence-corrected chi connectivity index (χ3v) is 5.65. The van der Waals surface area contributed by atoms with E-state index in [2.05, 4.69) is 11.9 Å². The van der Waals surface area contributed by atoms with Crippen LogP contribution in [-0.2, 0) is 13.1 Å². The summed E-state index contributed by atoms with van der Waals surface area (Å²) in [6.45, 7) is 6.11. The Morgan fingerprint density at radius 2 is 1.45 bits per heavy atom. The van der Waals surface area contributed by atoms with Crippen LogP contribution in [0.3, 0.4) is 0 Å². The van der Waals surface area contributed by atoms with Crippen molar-refractivity contribution >= 4 is 16.9 Å². The number of allylic oxidation sites excluding steroid dienone is 1. The normalized spacial score (nSPS) is 11.8. The Balaban J connectivity index is 1.59. The molecule has 1 N–H and O–H groups in total. The molecule has 6 heteroatoms. The number of hydrogen-bond donors (Lipinski definition) is 1. The fourth-order valence-corrected chi connectivity index (χ4v) is 3.89.